The molecular formula is C21H19FN4O. The molecule has 0 saturated carbocycles. The largest absolute Gasteiger partial charge is 0.496 e. The van der Waals surface area contributed by atoms with Gasteiger partial charge < -0.3 is 9.72 Å². The smallest absolute Gasteiger partial charge is 0.123 e. The van der Waals surface area contributed by atoms with Crippen LogP contribution < -0.4 is 4.74 Å². The molecule has 1 aromatic heterocycles. The Morgan fingerprint density at radius 3 is 3.04 bits per heavy atom. The molecule has 0 amide bonds. The first kappa shape index (κ1) is 17.3. The second kappa shape index (κ2) is 7.22. The number of methoxy groups -OCH3 is 1. The minimum atomic E-state index is -0.286. The summed E-state index contributed by atoms with van der Waals surface area (Å²) in [4.78, 5) is 10.00. The molecule has 5 nitrogen and oxygen atoms in total. The Balaban J connectivity index is 1.75. The molecule has 0 bridgehead atoms. The molecule has 2 heterocycles. The molecule has 0 fully saturated rings. The normalized spacial score (nSPS) is 16.6. The number of benzene rings is 2. The summed E-state index contributed by atoms with van der Waals surface area (Å²) >= 11 is 0. The molecule has 1 aliphatic rings. The highest BCUT2D eigenvalue weighted by Gasteiger charge is 2.31. The molecule has 2 aromatic carbocycles. The molecule has 1 atom stereocenters. The lowest BCUT2D eigenvalue weighted by Gasteiger charge is -2.35. The highest BCUT2D eigenvalue weighted by Crippen LogP contribution is 2.35. The lowest BCUT2D eigenvalue weighted by molar-refractivity contribution is 0.197. The average molecular weight is 362 g/mol. The molecule has 0 unspecified atom stereocenters. The van der Waals surface area contributed by atoms with E-state index in [4.69, 9.17) is 4.74 Å². The maximum absolute atomic E-state index is 13.8. The predicted octanol–water partition coefficient (Wildman–Crippen LogP) is 3.58. The van der Waals surface area contributed by atoms with Gasteiger partial charge in [0.25, 0.3) is 0 Å². The zero-order valence-electron chi connectivity index (χ0n) is 14.9. The second-order valence-electron chi connectivity index (χ2n) is 6.58. The van der Waals surface area contributed by atoms with Gasteiger partial charge in [0.1, 0.15) is 11.6 Å². The van der Waals surface area contributed by atoms with Crippen molar-refractivity contribution in [1.82, 2.24) is 14.9 Å². The molecule has 0 aliphatic carbocycles. The zero-order chi connectivity index (χ0) is 18.8. The standard InChI is InChI=1S/C21H19FN4O/c1-27-19-6-5-17(22)10-16(19)12-26-8-7-18-20(25-13-24-18)21(26)15-4-2-3-14(9-15)11-23/h2-6,9-10,13,21H,7-8,12H2,1H3,(H,24,25)/t21-/m0/s1. The number of nitrogens with one attached hydrogen (secondary N) is 1. The third kappa shape index (κ3) is 3.29. The molecule has 1 aliphatic heterocycles. The minimum Gasteiger partial charge on any atom is -0.496 e. The number of nitrogens with zero attached hydrogens (tertiary/aromatic N) is 3. The van der Waals surface area contributed by atoms with Crippen molar-refractivity contribution in [1.29, 1.82) is 5.26 Å². The third-order valence-electron chi connectivity index (χ3n) is 4.97. The summed E-state index contributed by atoms with van der Waals surface area (Å²) in [7, 11) is 1.59. The quantitative estimate of drug-likeness (QED) is 0.770. The van der Waals surface area contributed by atoms with Crippen LogP contribution in [0.5, 0.6) is 5.75 Å². The van der Waals surface area contributed by atoms with Gasteiger partial charge in [-0.3, -0.25) is 4.90 Å². The van der Waals surface area contributed by atoms with Gasteiger partial charge in [-0.2, -0.15) is 5.26 Å². The van der Waals surface area contributed by atoms with Crippen LogP contribution in [0.4, 0.5) is 4.39 Å². The van der Waals surface area contributed by atoms with Gasteiger partial charge in [0, 0.05) is 30.8 Å². The van der Waals surface area contributed by atoms with E-state index in [0.29, 0.717) is 17.9 Å². The maximum Gasteiger partial charge on any atom is 0.123 e. The molecule has 0 saturated heterocycles. The van der Waals surface area contributed by atoms with Crippen LogP contribution in [0, 0.1) is 17.1 Å². The second-order valence-corrected chi connectivity index (χ2v) is 6.58. The number of hydrogen-bond donors (Lipinski definition) is 1. The van der Waals surface area contributed by atoms with E-state index in [1.165, 1.54) is 12.1 Å². The van der Waals surface area contributed by atoms with E-state index in [1.54, 1.807) is 25.6 Å². The lowest BCUT2D eigenvalue weighted by atomic mass is 9.94. The number of fused-ring (bicyclic) bond motifs is 1. The minimum absolute atomic E-state index is 0.110. The highest BCUT2D eigenvalue weighted by atomic mass is 19.1. The van der Waals surface area contributed by atoms with Gasteiger partial charge >= 0.3 is 0 Å². The van der Waals surface area contributed by atoms with Crippen molar-refractivity contribution in [2.24, 2.45) is 0 Å². The van der Waals surface area contributed by atoms with Crippen LogP contribution in [0.3, 0.4) is 0 Å². The summed E-state index contributed by atoms with van der Waals surface area (Å²) < 4.78 is 19.2. The number of aromatic amines is 1. The lowest BCUT2D eigenvalue weighted by Crippen LogP contribution is -2.36. The fourth-order valence-corrected chi connectivity index (χ4v) is 3.73. The monoisotopic (exact) mass is 362 g/mol. The fraction of sp³-hybridized carbons (Fsp3) is 0.238. The Labute approximate surface area is 157 Å². The maximum atomic E-state index is 13.8. The van der Waals surface area contributed by atoms with E-state index in [-0.39, 0.29) is 11.9 Å². The molecule has 27 heavy (non-hydrogen) atoms. The number of imidazole rings is 1. The van der Waals surface area contributed by atoms with Crippen LogP contribution in [0.15, 0.2) is 48.8 Å². The Bertz CT molecular complexity index is 1010. The summed E-state index contributed by atoms with van der Waals surface area (Å²) in [5.74, 6) is 0.375. The van der Waals surface area contributed by atoms with E-state index in [9.17, 15) is 9.65 Å². The summed E-state index contributed by atoms with van der Waals surface area (Å²) in [6.07, 6.45) is 2.54. The zero-order valence-corrected chi connectivity index (χ0v) is 14.9. The van der Waals surface area contributed by atoms with Gasteiger partial charge in [0.2, 0.25) is 0 Å². The molecule has 3 aromatic rings. The Morgan fingerprint density at radius 1 is 1.33 bits per heavy atom. The SMILES string of the molecule is COc1ccc(F)cc1CN1CCc2[nH]cnc2[C@@H]1c1cccc(C#N)c1. The van der Waals surface area contributed by atoms with Crippen molar-refractivity contribution in [3.63, 3.8) is 0 Å². The summed E-state index contributed by atoms with van der Waals surface area (Å²) in [5.41, 5.74) is 4.45. The van der Waals surface area contributed by atoms with Gasteiger partial charge in [-0.25, -0.2) is 9.37 Å². The van der Waals surface area contributed by atoms with Crippen molar-refractivity contribution >= 4 is 0 Å². The van der Waals surface area contributed by atoms with E-state index in [1.807, 2.05) is 18.2 Å². The number of H-pyrrole nitrogens is 1. The Hall–Kier alpha value is -3.17. The first-order valence-corrected chi connectivity index (χ1v) is 8.78. The van der Waals surface area contributed by atoms with Crippen molar-refractivity contribution < 1.29 is 9.13 Å². The number of aromatic nitrogens is 2. The van der Waals surface area contributed by atoms with Crippen LogP contribution >= 0.6 is 0 Å². The van der Waals surface area contributed by atoms with Crippen molar-refractivity contribution in [3.05, 3.63) is 82.7 Å². The number of nitriles is 1. The fourth-order valence-electron chi connectivity index (χ4n) is 3.73. The topological polar surface area (TPSA) is 64.9 Å². The molecule has 0 spiro atoms. The van der Waals surface area contributed by atoms with Crippen molar-refractivity contribution in [3.8, 4) is 11.8 Å². The van der Waals surface area contributed by atoms with Crippen molar-refractivity contribution in [2.75, 3.05) is 13.7 Å². The average Bonchev–Trinajstić information content (AvgIpc) is 3.17. The molecule has 1 N–H and O–H groups in total. The van der Waals surface area contributed by atoms with Crippen LogP contribution in [0.1, 0.15) is 34.1 Å². The predicted molar refractivity (Wildman–Crippen MR) is 98.7 cm³/mol. The molecule has 6 heteroatoms. The summed E-state index contributed by atoms with van der Waals surface area (Å²) in [6, 6.07) is 14.2. The first-order chi connectivity index (χ1) is 13.2. The van der Waals surface area contributed by atoms with Crippen LogP contribution in [-0.2, 0) is 13.0 Å². The van der Waals surface area contributed by atoms with E-state index in [2.05, 4.69) is 20.9 Å². The summed E-state index contributed by atoms with van der Waals surface area (Å²) in [5, 5.41) is 9.27. The van der Waals surface area contributed by atoms with Gasteiger partial charge in [-0.15, -0.1) is 0 Å². The Kier molecular flexibility index (Phi) is 4.61. The molecule has 136 valence electrons. The van der Waals surface area contributed by atoms with E-state index >= 15 is 0 Å². The van der Waals surface area contributed by atoms with E-state index < -0.39 is 0 Å². The molecule has 0 radical (unpaired) electrons. The number of hydrogen-bond acceptors (Lipinski definition) is 4. The molecular weight excluding hydrogens is 343 g/mol. The van der Waals surface area contributed by atoms with Gasteiger partial charge in [0.15, 0.2) is 0 Å². The van der Waals surface area contributed by atoms with Crippen molar-refractivity contribution in [2.45, 2.75) is 19.0 Å². The third-order valence-corrected chi connectivity index (χ3v) is 4.97. The van der Waals surface area contributed by atoms with Gasteiger partial charge in [-0.1, -0.05) is 12.1 Å². The van der Waals surface area contributed by atoms with Gasteiger partial charge in [-0.05, 0) is 35.9 Å². The highest BCUT2D eigenvalue weighted by molar-refractivity contribution is 5.40. The number of ether oxygens (including phenoxy) is 1. The van der Waals surface area contributed by atoms with E-state index in [0.717, 1.165) is 35.5 Å². The van der Waals surface area contributed by atoms with Crippen LogP contribution in [0.25, 0.3) is 0 Å². The van der Waals surface area contributed by atoms with Crippen LogP contribution in [0.2, 0.25) is 0 Å². The Morgan fingerprint density at radius 2 is 2.22 bits per heavy atom. The first-order valence-electron chi connectivity index (χ1n) is 8.78. The number of rotatable bonds is 4. The van der Waals surface area contributed by atoms with Gasteiger partial charge in [0.05, 0.1) is 36.8 Å². The number of halogens is 1. The van der Waals surface area contributed by atoms with Crippen LogP contribution in [-0.4, -0.2) is 28.5 Å². The summed E-state index contributed by atoms with van der Waals surface area (Å²) in [6.45, 7) is 1.31. The molecule has 4 rings (SSSR count).